The number of hydrogen-bond acceptors (Lipinski definition) is 3. The van der Waals surface area contributed by atoms with Crippen LogP contribution in [0.1, 0.15) is 32.1 Å². The molecule has 0 aromatic carbocycles. The van der Waals surface area contributed by atoms with Gasteiger partial charge in [-0.2, -0.15) is 0 Å². The van der Waals surface area contributed by atoms with Gasteiger partial charge in [-0.3, -0.25) is 0 Å². The number of ether oxygens (including phenoxy) is 2. The number of nitrogens with one attached hydrogen (secondary N) is 1. The highest BCUT2D eigenvalue weighted by Gasteiger charge is 2.16. The van der Waals surface area contributed by atoms with Gasteiger partial charge in [-0.1, -0.05) is 0 Å². The third kappa shape index (κ3) is 4.09. The lowest BCUT2D eigenvalue weighted by Crippen LogP contribution is -2.30. The molecule has 0 unspecified atom stereocenters. The average molecular weight is 213 g/mol. The molecule has 88 valence electrons. The van der Waals surface area contributed by atoms with Gasteiger partial charge in [0.05, 0.1) is 12.7 Å². The van der Waals surface area contributed by atoms with Crippen molar-refractivity contribution in [2.45, 2.75) is 38.2 Å². The molecule has 15 heavy (non-hydrogen) atoms. The van der Waals surface area contributed by atoms with Crippen LogP contribution in [-0.4, -0.2) is 39.0 Å². The standard InChI is InChI=1S/C12H23NO2/c1-3-11(9-13-6-1)5-8-14-10-12-4-2-7-15-12/h11-13H,1-10H2/t11-,12-/m1/s1. The zero-order valence-corrected chi connectivity index (χ0v) is 9.54. The second kappa shape index (κ2) is 6.46. The van der Waals surface area contributed by atoms with E-state index in [1.54, 1.807) is 0 Å². The molecule has 0 saturated carbocycles. The summed E-state index contributed by atoms with van der Waals surface area (Å²) in [5.41, 5.74) is 0. The van der Waals surface area contributed by atoms with Crippen molar-refractivity contribution in [3.63, 3.8) is 0 Å². The second-order valence-electron chi connectivity index (χ2n) is 4.71. The monoisotopic (exact) mass is 213 g/mol. The lowest BCUT2D eigenvalue weighted by atomic mass is 9.97. The fourth-order valence-corrected chi connectivity index (χ4v) is 2.41. The molecule has 3 nitrogen and oxygen atoms in total. The van der Waals surface area contributed by atoms with Crippen LogP contribution >= 0.6 is 0 Å². The predicted octanol–water partition coefficient (Wildman–Crippen LogP) is 1.57. The fraction of sp³-hybridized carbons (Fsp3) is 1.00. The normalized spacial score (nSPS) is 32.0. The molecule has 0 aliphatic carbocycles. The summed E-state index contributed by atoms with van der Waals surface area (Å²) in [5.74, 6) is 0.836. The van der Waals surface area contributed by atoms with Crippen LogP contribution in [-0.2, 0) is 9.47 Å². The third-order valence-corrected chi connectivity index (χ3v) is 3.40. The zero-order chi connectivity index (χ0) is 10.3. The Morgan fingerprint density at radius 1 is 1.27 bits per heavy atom. The van der Waals surface area contributed by atoms with Crippen molar-refractivity contribution in [1.82, 2.24) is 5.32 Å². The summed E-state index contributed by atoms with van der Waals surface area (Å²) in [6.07, 6.45) is 6.69. The maximum absolute atomic E-state index is 5.67. The van der Waals surface area contributed by atoms with E-state index in [0.29, 0.717) is 6.10 Å². The molecule has 3 heteroatoms. The van der Waals surface area contributed by atoms with Crippen LogP contribution in [0.15, 0.2) is 0 Å². The first-order chi connectivity index (χ1) is 7.45. The smallest absolute Gasteiger partial charge is 0.0809 e. The molecule has 2 rings (SSSR count). The minimum Gasteiger partial charge on any atom is -0.379 e. The van der Waals surface area contributed by atoms with E-state index in [9.17, 15) is 0 Å². The Bertz CT molecular complexity index is 163. The Morgan fingerprint density at radius 3 is 3.00 bits per heavy atom. The number of piperidine rings is 1. The molecule has 0 aromatic heterocycles. The van der Waals surface area contributed by atoms with Gasteiger partial charge < -0.3 is 14.8 Å². The van der Waals surface area contributed by atoms with Crippen molar-refractivity contribution in [1.29, 1.82) is 0 Å². The molecule has 2 heterocycles. The molecule has 2 atom stereocenters. The highest BCUT2D eigenvalue weighted by Crippen LogP contribution is 2.15. The first-order valence-corrected chi connectivity index (χ1v) is 6.35. The topological polar surface area (TPSA) is 30.5 Å². The van der Waals surface area contributed by atoms with Crippen LogP contribution in [0.3, 0.4) is 0 Å². The molecule has 0 amide bonds. The highest BCUT2D eigenvalue weighted by atomic mass is 16.5. The van der Waals surface area contributed by atoms with Gasteiger partial charge in [-0.25, -0.2) is 0 Å². The Balaban J connectivity index is 1.47. The number of hydrogen-bond donors (Lipinski definition) is 1. The van der Waals surface area contributed by atoms with Crippen LogP contribution in [0.2, 0.25) is 0 Å². The maximum atomic E-state index is 5.67. The molecule has 0 aromatic rings. The van der Waals surface area contributed by atoms with Crippen molar-refractivity contribution in [2.24, 2.45) is 5.92 Å². The molecule has 1 N–H and O–H groups in total. The summed E-state index contributed by atoms with van der Waals surface area (Å²) in [6.45, 7) is 5.03. The highest BCUT2D eigenvalue weighted by molar-refractivity contribution is 4.69. The molecular weight excluding hydrogens is 190 g/mol. The van der Waals surface area contributed by atoms with Crippen molar-refractivity contribution in [3.8, 4) is 0 Å². The van der Waals surface area contributed by atoms with E-state index in [-0.39, 0.29) is 0 Å². The van der Waals surface area contributed by atoms with Crippen molar-refractivity contribution in [2.75, 3.05) is 32.9 Å². The Kier molecular flexibility index (Phi) is 4.90. The lowest BCUT2D eigenvalue weighted by molar-refractivity contribution is 0.0126. The van der Waals surface area contributed by atoms with Gasteiger partial charge in [-0.05, 0) is 51.1 Å². The van der Waals surface area contributed by atoms with Crippen LogP contribution in [0.25, 0.3) is 0 Å². The molecule has 0 radical (unpaired) electrons. The van der Waals surface area contributed by atoms with Gasteiger partial charge in [0.1, 0.15) is 0 Å². The van der Waals surface area contributed by atoms with Gasteiger partial charge in [0.2, 0.25) is 0 Å². The number of rotatable bonds is 5. The summed E-state index contributed by atoms with van der Waals surface area (Å²) in [7, 11) is 0. The molecule has 2 aliphatic rings. The average Bonchev–Trinajstić information content (AvgIpc) is 2.79. The third-order valence-electron chi connectivity index (χ3n) is 3.40. The summed E-state index contributed by atoms with van der Waals surface area (Å²) < 4.78 is 11.2. The minimum atomic E-state index is 0.384. The van der Waals surface area contributed by atoms with E-state index < -0.39 is 0 Å². The quantitative estimate of drug-likeness (QED) is 0.703. The van der Waals surface area contributed by atoms with Crippen LogP contribution in [0.4, 0.5) is 0 Å². The van der Waals surface area contributed by atoms with Crippen LogP contribution in [0.5, 0.6) is 0 Å². The first kappa shape index (κ1) is 11.4. The molecular formula is C12H23NO2. The van der Waals surface area contributed by atoms with Gasteiger partial charge in [-0.15, -0.1) is 0 Å². The van der Waals surface area contributed by atoms with E-state index in [0.717, 1.165) is 25.7 Å². The Labute approximate surface area is 92.5 Å². The maximum Gasteiger partial charge on any atom is 0.0809 e. The molecule has 2 aliphatic heterocycles. The van der Waals surface area contributed by atoms with E-state index in [2.05, 4.69) is 5.32 Å². The minimum absolute atomic E-state index is 0.384. The van der Waals surface area contributed by atoms with E-state index in [4.69, 9.17) is 9.47 Å². The first-order valence-electron chi connectivity index (χ1n) is 6.35. The van der Waals surface area contributed by atoms with E-state index in [1.165, 1.54) is 45.2 Å². The van der Waals surface area contributed by atoms with E-state index >= 15 is 0 Å². The zero-order valence-electron chi connectivity index (χ0n) is 9.54. The SMILES string of the molecule is C1CNC[C@@H](CCOC[C@H]2CCCO2)C1. The van der Waals surface area contributed by atoms with Gasteiger partial charge in [0.15, 0.2) is 0 Å². The van der Waals surface area contributed by atoms with Gasteiger partial charge >= 0.3 is 0 Å². The molecule has 0 bridgehead atoms. The van der Waals surface area contributed by atoms with Crippen molar-refractivity contribution in [3.05, 3.63) is 0 Å². The largest absolute Gasteiger partial charge is 0.379 e. The van der Waals surface area contributed by atoms with Crippen LogP contribution in [0, 0.1) is 5.92 Å². The summed E-state index contributed by atoms with van der Waals surface area (Å²) in [6, 6.07) is 0. The van der Waals surface area contributed by atoms with Crippen molar-refractivity contribution < 1.29 is 9.47 Å². The summed E-state index contributed by atoms with van der Waals surface area (Å²) in [5, 5.41) is 3.44. The second-order valence-corrected chi connectivity index (χ2v) is 4.71. The summed E-state index contributed by atoms with van der Waals surface area (Å²) in [4.78, 5) is 0. The lowest BCUT2D eigenvalue weighted by Gasteiger charge is -2.22. The molecule has 2 saturated heterocycles. The Morgan fingerprint density at radius 2 is 2.27 bits per heavy atom. The van der Waals surface area contributed by atoms with Crippen molar-refractivity contribution >= 4 is 0 Å². The van der Waals surface area contributed by atoms with E-state index in [1.807, 2.05) is 0 Å². The fourth-order valence-electron chi connectivity index (χ4n) is 2.41. The summed E-state index contributed by atoms with van der Waals surface area (Å²) >= 11 is 0. The molecule has 0 spiro atoms. The Hall–Kier alpha value is -0.120. The van der Waals surface area contributed by atoms with Crippen LogP contribution < -0.4 is 5.32 Å². The molecule has 2 fully saturated rings. The van der Waals surface area contributed by atoms with Gasteiger partial charge in [0.25, 0.3) is 0 Å². The van der Waals surface area contributed by atoms with Gasteiger partial charge in [0, 0.05) is 13.2 Å². The predicted molar refractivity (Wildman–Crippen MR) is 60.0 cm³/mol.